The molecule has 5 heteroatoms. The van der Waals surface area contributed by atoms with E-state index < -0.39 is 5.97 Å². The van der Waals surface area contributed by atoms with Crippen molar-refractivity contribution in [1.29, 1.82) is 0 Å². The molecule has 0 aliphatic carbocycles. The highest BCUT2D eigenvalue weighted by Gasteiger charge is 2.13. The fourth-order valence-corrected chi connectivity index (χ4v) is 1.62. The number of amides is 1. The molecule has 0 radical (unpaired) electrons. The highest BCUT2D eigenvalue weighted by molar-refractivity contribution is 5.86. The number of ether oxygens (including phenoxy) is 1. The fourth-order valence-electron chi connectivity index (χ4n) is 1.62. The van der Waals surface area contributed by atoms with Gasteiger partial charge >= 0.3 is 5.97 Å². The summed E-state index contributed by atoms with van der Waals surface area (Å²) in [5, 5.41) is 8.70. The van der Waals surface area contributed by atoms with Gasteiger partial charge in [-0.15, -0.1) is 0 Å². The molecule has 1 amide bonds. The van der Waals surface area contributed by atoms with Gasteiger partial charge in [0.2, 0.25) is 0 Å². The Hall–Kier alpha value is -2.30. The number of likely N-dealkylation sites (N-methyl/N-ethyl adjacent to an activating group) is 1. The van der Waals surface area contributed by atoms with Gasteiger partial charge in [0.15, 0.2) is 6.61 Å². The van der Waals surface area contributed by atoms with Gasteiger partial charge in [0.25, 0.3) is 5.91 Å². The lowest BCUT2D eigenvalue weighted by molar-refractivity contribution is -0.133. The standard InChI is InChI=1S/C16H21NO4/c1-11(2)17(4)15(18)10-21-14-7-5-12(3)9-13(14)6-8-16(19)20/h5-9,11H,10H2,1-4H3,(H,19,20). The van der Waals surface area contributed by atoms with E-state index in [4.69, 9.17) is 9.84 Å². The van der Waals surface area contributed by atoms with Crippen LogP contribution < -0.4 is 4.74 Å². The molecule has 0 spiro atoms. The molecular weight excluding hydrogens is 270 g/mol. The van der Waals surface area contributed by atoms with E-state index in [-0.39, 0.29) is 18.6 Å². The van der Waals surface area contributed by atoms with Gasteiger partial charge in [-0.1, -0.05) is 11.6 Å². The van der Waals surface area contributed by atoms with Crippen LogP contribution in [0.4, 0.5) is 0 Å². The first-order chi connectivity index (χ1) is 9.81. The molecule has 1 aromatic carbocycles. The zero-order chi connectivity index (χ0) is 16.0. The summed E-state index contributed by atoms with van der Waals surface area (Å²) < 4.78 is 5.52. The average Bonchev–Trinajstić information content (AvgIpc) is 2.42. The van der Waals surface area contributed by atoms with E-state index in [0.29, 0.717) is 11.3 Å². The molecular formula is C16H21NO4. The summed E-state index contributed by atoms with van der Waals surface area (Å²) in [6, 6.07) is 5.50. The molecule has 1 rings (SSSR count). The van der Waals surface area contributed by atoms with Crippen molar-refractivity contribution >= 4 is 18.0 Å². The van der Waals surface area contributed by atoms with E-state index in [1.165, 1.54) is 6.08 Å². The molecule has 0 aliphatic heterocycles. The van der Waals surface area contributed by atoms with Crippen LogP contribution in [0.1, 0.15) is 25.0 Å². The molecule has 21 heavy (non-hydrogen) atoms. The van der Waals surface area contributed by atoms with Crippen LogP contribution in [0, 0.1) is 6.92 Å². The van der Waals surface area contributed by atoms with Crippen molar-refractivity contribution in [1.82, 2.24) is 4.90 Å². The number of hydrogen-bond acceptors (Lipinski definition) is 3. The Morgan fingerprint density at radius 2 is 2.05 bits per heavy atom. The van der Waals surface area contributed by atoms with Crippen molar-refractivity contribution in [2.45, 2.75) is 26.8 Å². The van der Waals surface area contributed by atoms with E-state index in [9.17, 15) is 9.59 Å². The van der Waals surface area contributed by atoms with Crippen molar-refractivity contribution in [3.8, 4) is 5.75 Å². The molecule has 0 atom stereocenters. The number of aryl methyl sites for hydroxylation is 1. The van der Waals surface area contributed by atoms with Crippen LogP contribution in [-0.2, 0) is 9.59 Å². The number of hydrogen-bond donors (Lipinski definition) is 1. The van der Waals surface area contributed by atoms with Crippen molar-refractivity contribution in [3.63, 3.8) is 0 Å². The number of carboxylic acids is 1. The third-order valence-corrected chi connectivity index (χ3v) is 3.09. The number of carboxylic acid groups (broad SMARTS) is 1. The second-order valence-corrected chi connectivity index (χ2v) is 5.10. The maximum atomic E-state index is 11.9. The highest BCUT2D eigenvalue weighted by atomic mass is 16.5. The number of carbonyl (C=O) groups is 2. The Morgan fingerprint density at radius 1 is 1.38 bits per heavy atom. The Kier molecular flexibility index (Phi) is 5.96. The minimum Gasteiger partial charge on any atom is -0.483 e. The number of aliphatic carboxylic acids is 1. The van der Waals surface area contributed by atoms with Crippen LogP contribution in [0.2, 0.25) is 0 Å². The molecule has 0 aromatic heterocycles. The van der Waals surface area contributed by atoms with Crippen molar-refractivity contribution in [2.24, 2.45) is 0 Å². The molecule has 114 valence electrons. The molecule has 0 aliphatic rings. The summed E-state index contributed by atoms with van der Waals surface area (Å²) >= 11 is 0. The predicted molar refractivity (Wildman–Crippen MR) is 81.2 cm³/mol. The molecule has 0 saturated carbocycles. The zero-order valence-corrected chi connectivity index (χ0v) is 12.8. The monoisotopic (exact) mass is 291 g/mol. The van der Waals surface area contributed by atoms with E-state index in [0.717, 1.165) is 11.6 Å². The fraction of sp³-hybridized carbons (Fsp3) is 0.375. The van der Waals surface area contributed by atoms with Gasteiger partial charge in [-0.2, -0.15) is 0 Å². The molecule has 0 unspecified atom stereocenters. The quantitative estimate of drug-likeness (QED) is 0.817. The molecule has 5 nitrogen and oxygen atoms in total. The highest BCUT2D eigenvalue weighted by Crippen LogP contribution is 2.21. The van der Waals surface area contributed by atoms with Gasteiger partial charge in [0.05, 0.1) is 0 Å². The van der Waals surface area contributed by atoms with Gasteiger partial charge < -0.3 is 14.7 Å². The Bertz CT molecular complexity index is 549. The average molecular weight is 291 g/mol. The van der Waals surface area contributed by atoms with Crippen LogP contribution in [-0.4, -0.2) is 41.6 Å². The summed E-state index contributed by atoms with van der Waals surface area (Å²) in [5.41, 5.74) is 1.62. The first-order valence-electron chi connectivity index (χ1n) is 6.71. The van der Waals surface area contributed by atoms with Crippen LogP contribution in [0.25, 0.3) is 6.08 Å². The number of carbonyl (C=O) groups excluding carboxylic acids is 1. The predicted octanol–water partition coefficient (Wildman–Crippen LogP) is 2.34. The minimum absolute atomic E-state index is 0.0777. The molecule has 0 bridgehead atoms. The van der Waals surface area contributed by atoms with E-state index in [2.05, 4.69) is 0 Å². The van der Waals surface area contributed by atoms with Gasteiger partial charge in [0.1, 0.15) is 5.75 Å². The van der Waals surface area contributed by atoms with Crippen molar-refractivity contribution in [3.05, 3.63) is 35.4 Å². The summed E-state index contributed by atoms with van der Waals surface area (Å²) in [5.74, 6) is -0.666. The van der Waals surface area contributed by atoms with Crippen LogP contribution in [0.15, 0.2) is 24.3 Å². The smallest absolute Gasteiger partial charge is 0.328 e. The van der Waals surface area contributed by atoms with Crippen molar-refractivity contribution < 1.29 is 19.4 Å². The maximum absolute atomic E-state index is 11.9. The minimum atomic E-state index is -1.03. The van der Waals surface area contributed by atoms with Crippen LogP contribution in [0.3, 0.4) is 0 Å². The number of rotatable bonds is 6. The third kappa shape index (κ3) is 5.30. The summed E-state index contributed by atoms with van der Waals surface area (Å²) in [7, 11) is 1.72. The summed E-state index contributed by atoms with van der Waals surface area (Å²) in [4.78, 5) is 24.1. The topological polar surface area (TPSA) is 66.8 Å². The maximum Gasteiger partial charge on any atom is 0.328 e. The van der Waals surface area contributed by atoms with Gasteiger partial charge in [-0.05, 0) is 39.0 Å². The van der Waals surface area contributed by atoms with E-state index >= 15 is 0 Å². The Labute approximate surface area is 124 Å². The van der Waals surface area contributed by atoms with E-state index in [1.54, 1.807) is 18.0 Å². The Morgan fingerprint density at radius 3 is 2.62 bits per heavy atom. The lowest BCUT2D eigenvalue weighted by Crippen LogP contribution is -2.36. The molecule has 1 aromatic rings. The first kappa shape index (κ1) is 16.8. The third-order valence-electron chi connectivity index (χ3n) is 3.09. The lowest BCUT2D eigenvalue weighted by Gasteiger charge is -2.21. The van der Waals surface area contributed by atoms with Gasteiger partial charge in [0, 0.05) is 24.7 Å². The van der Waals surface area contributed by atoms with E-state index in [1.807, 2.05) is 32.9 Å². The second-order valence-electron chi connectivity index (χ2n) is 5.10. The first-order valence-corrected chi connectivity index (χ1v) is 6.71. The lowest BCUT2D eigenvalue weighted by atomic mass is 10.1. The second kappa shape index (κ2) is 7.47. The number of nitrogens with zero attached hydrogens (tertiary/aromatic N) is 1. The molecule has 1 N–H and O–H groups in total. The Balaban J connectivity index is 2.83. The molecule has 0 saturated heterocycles. The van der Waals surface area contributed by atoms with Gasteiger partial charge in [-0.25, -0.2) is 4.79 Å². The summed E-state index contributed by atoms with van der Waals surface area (Å²) in [6.45, 7) is 5.67. The van der Waals surface area contributed by atoms with Crippen LogP contribution in [0.5, 0.6) is 5.75 Å². The van der Waals surface area contributed by atoms with Gasteiger partial charge in [-0.3, -0.25) is 4.79 Å². The molecule has 0 fully saturated rings. The number of benzene rings is 1. The van der Waals surface area contributed by atoms with Crippen molar-refractivity contribution in [2.75, 3.05) is 13.7 Å². The van der Waals surface area contributed by atoms with Crippen LogP contribution >= 0.6 is 0 Å². The summed E-state index contributed by atoms with van der Waals surface area (Å²) in [6.07, 6.45) is 2.50. The molecule has 0 heterocycles. The normalized spacial score (nSPS) is 10.9. The SMILES string of the molecule is Cc1ccc(OCC(=O)N(C)C(C)C)c(C=CC(=O)O)c1. The largest absolute Gasteiger partial charge is 0.483 e. The zero-order valence-electron chi connectivity index (χ0n) is 12.8.